The molecule has 2 aliphatic rings. The molecule has 0 radical (unpaired) electrons. The van der Waals surface area contributed by atoms with Crippen molar-refractivity contribution < 1.29 is 27.9 Å². The highest BCUT2D eigenvalue weighted by atomic mass is 19.4. The second-order valence-electron chi connectivity index (χ2n) is 5.04. The highest BCUT2D eigenvalue weighted by molar-refractivity contribution is 5.84. The van der Waals surface area contributed by atoms with E-state index >= 15 is 0 Å². The van der Waals surface area contributed by atoms with Crippen molar-refractivity contribution in [2.45, 2.75) is 31.5 Å². The molecule has 2 rings (SSSR count). The SMILES string of the molecule is O=C(C1CCCN1)N1CCC(C(=O)O)(C(F)(F)F)C1. The zero-order valence-corrected chi connectivity index (χ0v) is 10.2. The number of carboxylic acid groups (broad SMARTS) is 1. The molecule has 19 heavy (non-hydrogen) atoms. The van der Waals surface area contributed by atoms with E-state index in [-0.39, 0.29) is 6.54 Å². The first kappa shape index (κ1) is 14.1. The van der Waals surface area contributed by atoms with Gasteiger partial charge in [-0.1, -0.05) is 0 Å². The van der Waals surface area contributed by atoms with Gasteiger partial charge in [-0.05, 0) is 25.8 Å². The molecule has 5 nitrogen and oxygen atoms in total. The first-order valence-electron chi connectivity index (χ1n) is 6.10. The van der Waals surface area contributed by atoms with Crippen LogP contribution < -0.4 is 5.32 Å². The van der Waals surface area contributed by atoms with Gasteiger partial charge in [-0.2, -0.15) is 13.2 Å². The zero-order chi connectivity index (χ0) is 14.3. The van der Waals surface area contributed by atoms with Crippen LogP contribution in [0.15, 0.2) is 0 Å². The number of rotatable bonds is 2. The van der Waals surface area contributed by atoms with Crippen LogP contribution in [0.1, 0.15) is 19.3 Å². The number of carbonyl (C=O) groups excluding carboxylic acids is 1. The molecule has 0 aromatic carbocycles. The van der Waals surface area contributed by atoms with Crippen LogP contribution in [0.4, 0.5) is 13.2 Å². The lowest BCUT2D eigenvalue weighted by atomic mass is 9.86. The Kier molecular flexibility index (Phi) is 3.46. The number of nitrogens with one attached hydrogen (secondary N) is 1. The molecule has 1 amide bonds. The van der Waals surface area contributed by atoms with Crippen molar-refractivity contribution in [3.8, 4) is 0 Å². The average Bonchev–Trinajstić information content (AvgIpc) is 2.97. The van der Waals surface area contributed by atoms with E-state index in [1.165, 1.54) is 0 Å². The van der Waals surface area contributed by atoms with Gasteiger partial charge in [-0.3, -0.25) is 9.59 Å². The number of carbonyl (C=O) groups is 2. The van der Waals surface area contributed by atoms with Crippen molar-refractivity contribution in [3.63, 3.8) is 0 Å². The van der Waals surface area contributed by atoms with Gasteiger partial charge in [-0.15, -0.1) is 0 Å². The molecule has 108 valence electrons. The number of hydrogen-bond acceptors (Lipinski definition) is 3. The molecule has 2 saturated heterocycles. The molecule has 0 aliphatic carbocycles. The number of aliphatic carboxylic acids is 1. The number of carboxylic acids is 1. The van der Waals surface area contributed by atoms with Gasteiger partial charge < -0.3 is 15.3 Å². The van der Waals surface area contributed by atoms with Gasteiger partial charge >= 0.3 is 12.1 Å². The zero-order valence-electron chi connectivity index (χ0n) is 10.2. The molecule has 2 heterocycles. The number of amides is 1. The summed E-state index contributed by atoms with van der Waals surface area (Å²) in [6.45, 7) is -0.292. The molecule has 2 fully saturated rings. The molecule has 2 atom stereocenters. The normalized spacial score (nSPS) is 31.7. The van der Waals surface area contributed by atoms with Crippen LogP contribution in [0, 0.1) is 5.41 Å². The van der Waals surface area contributed by atoms with E-state index in [0.717, 1.165) is 11.3 Å². The van der Waals surface area contributed by atoms with Crippen LogP contribution >= 0.6 is 0 Å². The molecule has 2 N–H and O–H groups in total. The van der Waals surface area contributed by atoms with Crippen LogP contribution in [0.5, 0.6) is 0 Å². The minimum absolute atomic E-state index is 0.164. The van der Waals surface area contributed by atoms with E-state index in [9.17, 15) is 22.8 Å². The monoisotopic (exact) mass is 280 g/mol. The largest absolute Gasteiger partial charge is 0.481 e. The predicted octanol–water partition coefficient (Wildman–Crippen LogP) is 0.604. The Hall–Kier alpha value is -1.31. The first-order chi connectivity index (χ1) is 8.78. The highest BCUT2D eigenvalue weighted by Gasteiger charge is 2.64. The second kappa shape index (κ2) is 4.66. The third-order valence-electron chi connectivity index (χ3n) is 3.89. The number of nitrogens with zero attached hydrogens (tertiary/aromatic N) is 1. The Morgan fingerprint density at radius 1 is 1.37 bits per heavy atom. The van der Waals surface area contributed by atoms with Crippen molar-refractivity contribution in [1.29, 1.82) is 0 Å². The summed E-state index contributed by atoms with van der Waals surface area (Å²) >= 11 is 0. The fraction of sp³-hybridized carbons (Fsp3) is 0.818. The van der Waals surface area contributed by atoms with Gasteiger partial charge in [0, 0.05) is 13.1 Å². The summed E-state index contributed by atoms with van der Waals surface area (Å²) in [5.41, 5.74) is -2.82. The maximum Gasteiger partial charge on any atom is 0.406 e. The second-order valence-corrected chi connectivity index (χ2v) is 5.04. The minimum atomic E-state index is -4.85. The first-order valence-corrected chi connectivity index (χ1v) is 6.10. The summed E-state index contributed by atoms with van der Waals surface area (Å²) in [7, 11) is 0. The third kappa shape index (κ3) is 2.29. The molecule has 0 bridgehead atoms. The molecule has 8 heteroatoms. The number of alkyl halides is 3. The molecule has 0 saturated carbocycles. The molecular formula is C11H15F3N2O3. The molecular weight excluding hydrogens is 265 g/mol. The Morgan fingerprint density at radius 2 is 2.05 bits per heavy atom. The lowest BCUT2D eigenvalue weighted by molar-refractivity contribution is -0.227. The van der Waals surface area contributed by atoms with Gasteiger partial charge in [0.05, 0.1) is 6.04 Å². The van der Waals surface area contributed by atoms with Crippen LogP contribution in [-0.2, 0) is 9.59 Å². The van der Waals surface area contributed by atoms with Gasteiger partial charge in [0.1, 0.15) is 0 Å². The Labute approximate surface area is 107 Å². The Bertz CT molecular complexity index is 393. The van der Waals surface area contributed by atoms with Gasteiger partial charge in [0.2, 0.25) is 5.91 Å². The van der Waals surface area contributed by atoms with E-state index in [2.05, 4.69) is 5.32 Å². The maximum absolute atomic E-state index is 12.9. The third-order valence-corrected chi connectivity index (χ3v) is 3.89. The number of hydrogen-bond donors (Lipinski definition) is 2. The molecule has 2 unspecified atom stereocenters. The van der Waals surface area contributed by atoms with Crippen molar-refractivity contribution in [2.24, 2.45) is 5.41 Å². The summed E-state index contributed by atoms with van der Waals surface area (Å²) in [6, 6.07) is -0.474. The van der Waals surface area contributed by atoms with Gasteiger partial charge in [0.15, 0.2) is 5.41 Å². The molecule has 0 aromatic rings. The highest BCUT2D eigenvalue weighted by Crippen LogP contribution is 2.45. The summed E-state index contributed by atoms with van der Waals surface area (Å²) in [4.78, 5) is 24.0. The topological polar surface area (TPSA) is 69.6 Å². The molecule has 2 aliphatic heterocycles. The van der Waals surface area contributed by atoms with E-state index in [0.29, 0.717) is 13.0 Å². The van der Waals surface area contributed by atoms with Crippen LogP contribution in [-0.4, -0.2) is 53.7 Å². The van der Waals surface area contributed by atoms with Crippen molar-refractivity contribution in [1.82, 2.24) is 10.2 Å². The lowest BCUT2D eigenvalue weighted by Crippen LogP contribution is -2.49. The minimum Gasteiger partial charge on any atom is -0.481 e. The van der Waals surface area contributed by atoms with Crippen LogP contribution in [0.3, 0.4) is 0 Å². The van der Waals surface area contributed by atoms with E-state index in [1.54, 1.807) is 0 Å². The molecule has 0 aromatic heterocycles. The smallest absolute Gasteiger partial charge is 0.406 e. The Balaban J connectivity index is 2.13. The standard InChI is InChI=1S/C11H15F3N2O3/c12-11(13,14)10(9(18)19)3-5-16(6-10)8(17)7-2-1-4-15-7/h7,15H,1-6H2,(H,18,19). The summed E-state index contributed by atoms with van der Waals surface area (Å²) in [6.07, 6.45) is -4.05. The summed E-state index contributed by atoms with van der Waals surface area (Å²) in [5.74, 6) is -2.33. The lowest BCUT2D eigenvalue weighted by Gasteiger charge is -2.28. The summed E-state index contributed by atoms with van der Waals surface area (Å²) in [5, 5.41) is 11.8. The van der Waals surface area contributed by atoms with Crippen LogP contribution in [0.25, 0.3) is 0 Å². The molecule has 0 spiro atoms. The quantitative estimate of drug-likeness (QED) is 0.777. The van der Waals surface area contributed by atoms with E-state index in [4.69, 9.17) is 5.11 Å². The van der Waals surface area contributed by atoms with Crippen molar-refractivity contribution >= 4 is 11.9 Å². The van der Waals surface area contributed by atoms with Crippen molar-refractivity contribution in [2.75, 3.05) is 19.6 Å². The number of halogens is 3. The van der Waals surface area contributed by atoms with Crippen LogP contribution in [0.2, 0.25) is 0 Å². The fourth-order valence-corrected chi connectivity index (χ4v) is 2.64. The maximum atomic E-state index is 12.9. The van der Waals surface area contributed by atoms with E-state index < -0.39 is 42.5 Å². The van der Waals surface area contributed by atoms with Gasteiger partial charge in [0.25, 0.3) is 0 Å². The number of likely N-dealkylation sites (tertiary alicyclic amines) is 1. The summed E-state index contributed by atoms with van der Waals surface area (Å²) < 4.78 is 38.8. The predicted molar refractivity (Wildman–Crippen MR) is 58.3 cm³/mol. The van der Waals surface area contributed by atoms with Crippen molar-refractivity contribution in [3.05, 3.63) is 0 Å². The van der Waals surface area contributed by atoms with E-state index in [1.807, 2.05) is 0 Å². The Morgan fingerprint density at radius 3 is 2.47 bits per heavy atom. The van der Waals surface area contributed by atoms with Gasteiger partial charge in [-0.25, -0.2) is 0 Å². The fourth-order valence-electron chi connectivity index (χ4n) is 2.64. The average molecular weight is 280 g/mol.